The van der Waals surface area contributed by atoms with E-state index in [0.29, 0.717) is 6.54 Å². The van der Waals surface area contributed by atoms with E-state index >= 15 is 0 Å². The van der Waals surface area contributed by atoms with Crippen LogP contribution in [0, 0.1) is 10.1 Å². The minimum atomic E-state index is -0.433. The van der Waals surface area contributed by atoms with Crippen molar-refractivity contribution in [2.24, 2.45) is 0 Å². The molecule has 0 aliphatic heterocycles. The number of carbonyl (C=O) groups is 1. The monoisotopic (exact) mass is 244 g/mol. The summed E-state index contributed by atoms with van der Waals surface area (Å²) in [6.07, 6.45) is 0. The van der Waals surface area contributed by atoms with E-state index < -0.39 is 11.0 Å². The van der Waals surface area contributed by atoms with Gasteiger partial charge in [0.2, 0.25) is 0 Å². The number of thiophene rings is 1. The van der Waals surface area contributed by atoms with E-state index in [1.165, 1.54) is 13.2 Å². The van der Waals surface area contributed by atoms with Crippen molar-refractivity contribution in [1.29, 1.82) is 0 Å². The average molecular weight is 244 g/mol. The minimum absolute atomic E-state index is 0.0996. The molecule has 88 valence electrons. The van der Waals surface area contributed by atoms with E-state index in [4.69, 9.17) is 0 Å². The van der Waals surface area contributed by atoms with Gasteiger partial charge < -0.3 is 4.74 Å². The van der Waals surface area contributed by atoms with Gasteiger partial charge in [-0.15, -0.1) is 0 Å². The number of nitro groups is 1. The molecule has 0 aromatic carbocycles. The number of esters is 1. The molecule has 0 aliphatic rings. The molecule has 0 fully saturated rings. The molecule has 0 bridgehead atoms. The van der Waals surface area contributed by atoms with Gasteiger partial charge in [-0.2, -0.15) is 0 Å². The van der Waals surface area contributed by atoms with Crippen LogP contribution in [0.3, 0.4) is 0 Å². The molecular formula is C9H12N2O4S. The molecule has 7 heteroatoms. The normalized spacial score (nSPS) is 12.1. The Labute approximate surface area is 96.4 Å². The lowest BCUT2D eigenvalue weighted by atomic mass is 10.3. The van der Waals surface area contributed by atoms with Crippen molar-refractivity contribution in [3.63, 3.8) is 0 Å². The topological polar surface area (TPSA) is 81.5 Å². The van der Waals surface area contributed by atoms with Crippen LogP contribution in [0.1, 0.15) is 11.8 Å². The number of nitrogens with one attached hydrogen (secondary N) is 1. The molecule has 0 aliphatic carbocycles. The fourth-order valence-corrected chi connectivity index (χ4v) is 1.84. The standard InChI is InChI=1S/C9H12N2O4S/c1-6(9(12)15-2)10-5-7-3-4-8(16-7)11(13)14/h3-4,6,10H,5H2,1-2H3/t6-/m0/s1. The first kappa shape index (κ1) is 12.6. The highest BCUT2D eigenvalue weighted by Gasteiger charge is 2.14. The summed E-state index contributed by atoms with van der Waals surface area (Å²) in [6, 6.07) is 2.69. The van der Waals surface area contributed by atoms with Crippen molar-refractivity contribution in [2.45, 2.75) is 19.5 Å². The van der Waals surface area contributed by atoms with Crippen LogP contribution in [0.4, 0.5) is 5.00 Å². The lowest BCUT2D eigenvalue weighted by Gasteiger charge is -2.09. The Morgan fingerprint density at radius 2 is 2.38 bits per heavy atom. The Bertz CT molecular complexity index is 391. The maximum absolute atomic E-state index is 11.1. The number of ether oxygens (including phenoxy) is 1. The Hall–Kier alpha value is -1.47. The quantitative estimate of drug-likeness (QED) is 0.479. The van der Waals surface area contributed by atoms with E-state index in [9.17, 15) is 14.9 Å². The first-order valence-electron chi connectivity index (χ1n) is 4.59. The summed E-state index contributed by atoms with van der Waals surface area (Å²) >= 11 is 1.09. The van der Waals surface area contributed by atoms with Crippen molar-refractivity contribution in [3.05, 3.63) is 27.1 Å². The number of hydrogen-bond donors (Lipinski definition) is 1. The number of nitrogens with zero attached hydrogens (tertiary/aromatic N) is 1. The van der Waals surface area contributed by atoms with Crippen LogP contribution in [0.15, 0.2) is 12.1 Å². The third-order valence-corrected chi connectivity index (χ3v) is 3.00. The van der Waals surface area contributed by atoms with Gasteiger partial charge in [0, 0.05) is 17.5 Å². The number of rotatable bonds is 5. The van der Waals surface area contributed by atoms with Crippen LogP contribution < -0.4 is 5.32 Å². The van der Waals surface area contributed by atoms with Gasteiger partial charge >= 0.3 is 11.0 Å². The number of carbonyl (C=O) groups excluding carboxylic acids is 1. The summed E-state index contributed by atoms with van der Waals surface area (Å²) in [7, 11) is 1.32. The minimum Gasteiger partial charge on any atom is -0.468 e. The van der Waals surface area contributed by atoms with Gasteiger partial charge in [-0.3, -0.25) is 20.2 Å². The van der Waals surface area contributed by atoms with Gasteiger partial charge in [-0.05, 0) is 13.0 Å². The van der Waals surface area contributed by atoms with Crippen molar-refractivity contribution in [2.75, 3.05) is 7.11 Å². The second-order valence-electron chi connectivity index (χ2n) is 3.12. The molecule has 0 unspecified atom stereocenters. The maximum Gasteiger partial charge on any atom is 0.324 e. The molecule has 0 amide bonds. The highest BCUT2D eigenvalue weighted by atomic mass is 32.1. The van der Waals surface area contributed by atoms with Crippen LogP contribution in [-0.4, -0.2) is 24.0 Å². The smallest absolute Gasteiger partial charge is 0.324 e. The van der Waals surface area contributed by atoms with Gasteiger partial charge in [0.1, 0.15) is 6.04 Å². The summed E-state index contributed by atoms with van der Waals surface area (Å²) < 4.78 is 4.54. The third kappa shape index (κ3) is 3.28. The molecule has 1 N–H and O–H groups in total. The van der Waals surface area contributed by atoms with Crippen molar-refractivity contribution >= 4 is 22.3 Å². The molecular weight excluding hydrogens is 232 g/mol. The Kier molecular flexibility index (Phi) is 4.39. The second-order valence-corrected chi connectivity index (χ2v) is 4.27. The maximum atomic E-state index is 11.1. The Morgan fingerprint density at radius 1 is 1.69 bits per heavy atom. The van der Waals surface area contributed by atoms with Crippen molar-refractivity contribution < 1.29 is 14.5 Å². The second kappa shape index (κ2) is 5.57. The first-order valence-corrected chi connectivity index (χ1v) is 5.40. The molecule has 16 heavy (non-hydrogen) atoms. The number of hydrogen-bond acceptors (Lipinski definition) is 6. The lowest BCUT2D eigenvalue weighted by molar-refractivity contribution is -0.380. The predicted molar refractivity (Wildman–Crippen MR) is 59.3 cm³/mol. The molecule has 1 heterocycles. The fraction of sp³-hybridized carbons (Fsp3) is 0.444. The summed E-state index contributed by atoms with van der Waals surface area (Å²) in [6.45, 7) is 2.09. The van der Waals surface area contributed by atoms with Crippen molar-refractivity contribution in [3.8, 4) is 0 Å². The fourth-order valence-electron chi connectivity index (χ4n) is 1.07. The zero-order valence-electron chi connectivity index (χ0n) is 8.93. The largest absolute Gasteiger partial charge is 0.468 e. The molecule has 1 atom stereocenters. The molecule has 1 rings (SSSR count). The van der Waals surface area contributed by atoms with Crippen LogP contribution in [0.2, 0.25) is 0 Å². The van der Waals surface area contributed by atoms with E-state index in [1.54, 1.807) is 13.0 Å². The average Bonchev–Trinajstić information content (AvgIpc) is 2.73. The molecule has 1 aromatic rings. The summed E-state index contributed by atoms with van der Waals surface area (Å²) in [5.41, 5.74) is 0. The van der Waals surface area contributed by atoms with E-state index in [2.05, 4.69) is 10.1 Å². The molecule has 0 saturated carbocycles. The molecule has 0 radical (unpaired) electrons. The summed E-state index contributed by atoms with van der Waals surface area (Å²) in [4.78, 5) is 21.9. The predicted octanol–water partition coefficient (Wildman–Crippen LogP) is 1.31. The summed E-state index contributed by atoms with van der Waals surface area (Å²) in [5, 5.41) is 13.4. The van der Waals surface area contributed by atoms with Gasteiger partial charge in [-0.25, -0.2) is 0 Å². The van der Waals surface area contributed by atoms with E-state index in [-0.39, 0.29) is 11.0 Å². The zero-order chi connectivity index (χ0) is 12.1. The van der Waals surface area contributed by atoms with E-state index in [1.807, 2.05) is 0 Å². The van der Waals surface area contributed by atoms with Crippen LogP contribution >= 0.6 is 11.3 Å². The van der Waals surface area contributed by atoms with Crippen molar-refractivity contribution in [1.82, 2.24) is 5.32 Å². The molecule has 1 aromatic heterocycles. The highest BCUT2D eigenvalue weighted by Crippen LogP contribution is 2.23. The Balaban J connectivity index is 2.48. The highest BCUT2D eigenvalue weighted by molar-refractivity contribution is 7.15. The van der Waals surface area contributed by atoms with Gasteiger partial charge in [0.25, 0.3) is 0 Å². The Morgan fingerprint density at radius 3 is 2.88 bits per heavy atom. The SMILES string of the molecule is COC(=O)[C@H](C)NCc1ccc([N+](=O)[O-])s1. The third-order valence-electron chi connectivity index (χ3n) is 1.96. The molecule has 0 spiro atoms. The van der Waals surface area contributed by atoms with Gasteiger partial charge in [0.15, 0.2) is 0 Å². The van der Waals surface area contributed by atoms with Gasteiger partial charge in [-0.1, -0.05) is 11.3 Å². The number of methoxy groups -OCH3 is 1. The summed E-state index contributed by atoms with van der Waals surface area (Å²) in [5.74, 6) is -0.356. The first-order chi connectivity index (χ1) is 7.54. The van der Waals surface area contributed by atoms with E-state index in [0.717, 1.165) is 16.2 Å². The van der Waals surface area contributed by atoms with Crippen LogP contribution in [0.5, 0.6) is 0 Å². The lowest BCUT2D eigenvalue weighted by Crippen LogP contribution is -2.34. The van der Waals surface area contributed by atoms with Gasteiger partial charge in [0.05, 0.1) is 12.0 Å². The molecule has 0 saturated heterocycles. The van der Waals surface area contributed by atoms with Crippen LogP contribution in [0.25, 0.3) is 0 Å². The molecule has 6 nitrogen and oxygen atoms in total. The van der Waals surface area contributed by atoms with Crippen LogP contribution in [-0.2, 0) is 16.1 Å². The zero-order valence-corrected chi connectivity index (χ0v) is 9.74.